The zero-order chi connectivity index (χ0) is 23.8. The van der Waals surface area contributed by atoms with Crippen molar-refractivity contribution < 1.29 is 18.8 Å². The fraction of sp³-hybridized carbons (Fsp3) is 0.179. The number of ketones is 3. The average molecular weight is 516 g/mol. The van der Waals surface area contributed by atoms with Gasteiger partial charge < -0.3 is 4.90 Å². The third-order valence-corrected chi connectivity index (χ3v) is 7.94. The van der Waals surface area contributed by atoms with E-state index in [1.165, 1.54) is 19.1 Å². The van der Waals surface area contributed by atoms with E-state index in [0.29, 0.717) is 22.4 Å². The number of carbonyl (C=O) groups excluding carboxylic acids is 3. The van der Waals surface area contributed by atoms with Crippen molar-refractivity contribution in [1.29, 1.82) is 0 Å². The Morgan fingerprint density at radius 3 is 2.24 bits per heavy atom. The fourth-order valence-electron chi connectivity index (χ4n) is 6.14. The third-order valence-electron chi connectivity index (χ3n) is 7.41. The molecule has 2 aliphatic heterocycles. The van der Waals surface area contributed by atoms with Gasteiger partial charge >= 0.3 is 0 Å². The number of anilines is 1. The average Bonchev–Trinajstić information content (AvgIpc) is 3.26. The van der Waals surface area contributed by atoms with Crippen LogP contribution < -0.4 is 4.90 Å². The molecule has 168 valence electrons. The van der Waals surface area contributed by atoms with Gasteiger partial charge in [-0.25, -0.2) is 4.39 Å². The van der Waals surface area contributed by atoms with Crippen molar-refractivity contribution in [2.24, 2.45) is 5.41 Å². The van der Waals surface area contributed by atoms with Crippen LogP contribution in [0.5, 0.6) is 0 Å². The topological polar surface area (TPSA) is 54.5 Å². The first kappa shape index (κ1) is 21.2. The lowest BCUT2D eigenvalue weighted by Gasteiger charge is -2.37. The summed E-state index contributed by atoms with van der Waals surface area (Å²) in [6, 6.07) is 17.2. The molecule has 0 bridgehead atoms. The molecule has 34 heavy (non-hydrogen) atoms. The number of halogens is 2. The summed E-state index contributed by atoms with van der Waals surface area (Å²) in [5.74, 6) is -1.79. The summed E-state index contributed by atoms with van der Waals surface area (Å²) < 4.78 is 14.9. The van der Waals surface area contributed by atoms with E-state index in [2.05, 4.69) is 15.9 Å². The quantitative estimate of drug-likeness (QED) is 0.416. The van der Waals surface area contributed by atoms with E-state index >= 15 is 0 Å². The Hall–Kier alpha value is -3.38. The SMILES string of the molecule is CC(=O)[C@H]1[C@H](c2ccc(Br)cc2)C2(C(=O)c3ccccc3C2=O)C2C=Cc3cc(F)ccc3N21. The first-order chi connectivity index (χ1) is 16.4. The van der Waals surface area contributed by atoms with Crippen LogP contribution in [0.4, 0.5) is 10.1 Å². The van der Waals surface area contributed by atoms with Crippen LogP contribution in [-0.4, -0.2) is 29.4 Å². The third kappa shape index (κ3) is 2.60. The molecule has 6 rings (SSSR count). The molecule has 6 heteroatoms. The van der Waals surface area contributed by atoms with Gasteiger partial charge in [0.15, 0.2) is 17.3 Å². The summed E-state index contributed by atoms with van der Waals surface area (Å²) in [6.45, 7) is 1.49. The van der Waals surface area contributed by atoms with Crippen molar-refractivity contribution >= 4 is 45.0 Å². The number of nitrogens with zero attached hydrogens (tertiary/aromatic N) is 1. The molecule has 3 aliphatic rings. The number of benzene rings is 3. The fourth-order valence-corrected chi connectivity index (χ4v) is 6.41. The second kappa shape index (κ2) is 7.31. The monoisotopic (exact) mass is 515 g/mol. The second-order valence-electron chi connectivity index (χ2n) is 9.07. The molecule has 0 amide bonds. The van der Waals surface area contributed by atoms with Crippen molar-refractivity contribution in [3.63, 3.8) is 0 Å². The molecule has 0 aromatic heterocycles. The lowest BCUT2D eigenvalue weighted by Crippen LogP contribution is -2.48. The summed E-state index contributed by atoms with van der Waals surface area (Å²) in [6.07, 6.45) is 3.55. The minimum atomic E-state index is -1.50. The van der Waals surface area contributed by atoms with Gasteiger partial charge in [-0.05, 0) is 42.8 Å². The molecule has 3 aromatic carbocycles. The molecule has 2 heterocycles. The molecule has 0 N–H and O–H groups in total. The van der Waals surface area contributed by atoms with Crippen LogP contribution in [0.1, 0.15) is 44.7 Å². The zero-order valence-electron chi connectivity index (χ0n) is 18.2. The number of carbonyl (C=O) groups is 3. The number of Topliss-reactive ketones (excluding diaryl/α,β-unsaturated/α-hetero) is 3. The Morgan fingerprint density at radius 2 is 1.62 bits per heavy atom. The van der Waals surface area contributed by atoms with E-state index in [0.717, 1.165) is 10.0 Å². The van der Waals surface area contributed by atoms with Crippen molar-refractivity contribution in [1.82, 2.24) is 0 Å². The minimum Gasteiger partial charge on any atom is -0.352 e. The van der Waals surface area contributed by atoms with Crippen LogP contribution in [0, 0.1) is 11.2 Å². The highest BCUT2D eigenvalue weighted by molar-refractivity contribution is 9.10. The normalized spacial score (nSPS) is 23.7. The van der Waals surface area contributed by atoms with E-state index in [1.807, 2.05) is 29.2 Å². The van der Waals surface area contributed by atoms with Crippen LogP contribution in [0.2, 0.25) is 0 Å². The minimum absolute atomic E-state index is 0.156. The van der Waals surface area contributed by atoms with Crippen molar-refractivity contribution in [2.75, 3.05) is 4.90 Å². The van der Waals surface area contributed by atoms with Gasteiger partial charge in [-0.1, -0.05) is 64.5 Å². The van der Waals surface area contributed by atoms with Gasteiger partial charge in [0.25, 0.3) is 0 Å². The number of hydrogen-bond acceptors (Lipinski definition) is 4. The number of hydrogen-bond donors (Lipinski definition) is 0. The highest BCUT2D eigenvalue weighted by atomic mass is 79.9. The molecular formula is C28H19BrFNO3. The van der Waals surface area contributed by atoms with Crippen LogP contribution in [0.15, 0.2) is 77.3 Å². The highest BCUT2D eigenvalue weighted by Gasteiger charge is 2.71. The van der Waals surface area contributed by atoms with Gasteiger partial charge in [0.2, 0.25) is 0 Å². The first-order valence-corrected chi connectivity index (χ1v) is 11.9. The van der Waals surface area contributed by atoms with Gasteiger partial charge in [-0.3, -0.25) is 14.4 Å². The maximum Gasteiger partial charge on any atom is 0.180 e. The maximum absolute atomic E-state index is 14.2. The van der Waals surface area contributed by atoms with Gasteiger partial charge in [0.05, 0.1) is 12.1 Å². The Morgan fingerprint density at radius 1 is 0.971 bits per heavy atom. The molecule has 1 unspecified atom stereocenters. The smallest absolute Gasteiger partial charge is 0.180 e. The summed E-state index contributed by atoms with van der Waals surface area (Å²) in [5.41, 5.74) is 1.27. The predicted octanol–water partition coefficient (Wildman–Crippen LogP) is 5.61. The summed E-state index contributed by atoms with van der Waals surface area (Å²) in [7, 11) is 0. The van der Waals surface area contributed by atoms with Crippen LogP contribution in [0.3, 0.4) is 0 Å². The summed E-state index contributed by atoms with van der Waals surface area (Å²) >= 11 is 3.45. The van der Waals surface area contributed by atoms with E-state index in [4.69, 9.17) is 0 Å². The van der Waals surface area contributed by atoms with Crippen LogP contribution in [-0.2, 0) is 4.79 Å². The molecule has 3 aromatic rings. The van der Waals surface area contributed by atoms with Crippen LogP contribution in [0.25, 0.3) is 6.08 Å². The van der Waals surface area contributed by atoms with Gasteiger partial charge in [0, 0.05) is 32.8 Å². The Bertz CT molecular complexity index is 1390. The van der Waals surface area contributed by atoms with Crippen molar-refractivity contribution in [3.05, 3.63) is 105 Å². The molecular weight excluding hydrogens is 497 g/mol. The first-order valence-electron chi connectivity index (χ1n) is 11.1. The second-order valence-corrected chi connectivity index (χ2v) is 9.99. The number of fused-ring (bicyclic) bond motifs is 5. The molecule has 1 spiro atoms. The van der Waals surface area contributed by atoms with Crippen molar-refractivity contribution in [3.8, 4) is 0 Å². The molecule has 4 nitrogen and oxygen atoms in total. The van der Waals surface area contributed by atoms with Crippen molar-refractivity contribution in [2.45, 2.75) is 24.9 Å². The molecule has 1 saturated heterocycles. The van der Waals surface area contributed by atoms with Gasteiger partial charge in [-0.15, -0.1) is 0 Å². The van der Waals surface area contributed by atoms with E-state index in [9.17, 15) is 18.8 Å². The van der Waals surface area contributed by atoms with E-state index in [-0.39, 0.29) is 23.2 Å². The summed E-state index contributed by atoms with van der Waals surface area (Å²) in [5, 5.41) is 0. The lowest BCUT2D eigenvalue weighted by molar-refractivity contribution is -0.118. The van der Waals surface area contributed by atoms with Gasteiger partial charge in [0.1, 0.15) is 11.2 Å². The predicted molar refractivity (Wildman–Crippen MR) is 131 cm³/mol. The summed E-state index contributed by atoms with van der Waals surface area (Å²) in [4.78, 5) is 43.6. The molecule has 0 radical (unpaired) electrons. The Balaban J connectivity index is 1.68. The lowest BCUT2D eigenvalue weighted by atomic mass is 9.64. The maximum atomic E-state index is 14.2. The largest absolute Gasteiger partial charge is 0.352 e. The number of rotatable bonds is 2. The van der Waals surface area contributed by atoms with Gasteiger partial charge in [-0.2, -0.15) is 0 Å². The Kier molecular flexibility index (Phi) is 4.55. The van der Waals surface area contributed by atoms with Crippen LogP contribution >= 0.6 is 15.9 Å². The highest BCUT2D eigenvalue weighted by Crippen LogP contribution is 2.60. The molecule has 1 fully saturated rings. The molecule has 1 aliphatic carbocycles. The van der Waals surface area contributed by atoms with E-state index < -0.39 is 23.4 Å². The zero-order valence-corrected chi connectivity index (χ0v) is 19.8. The molecule has 3 atom stereocenters. The Labute approximate surface area is 204 Å². The standard InChI is InChI=1S/C28H19BrFNO3/c1-15(32)25-24(16-6-9-18(29)10-7-16)28(26(33)20-4-2-3-5-21(20)27(28)34)23-13-8-17-14-19(30)11-12-22(17)31(23)25/h2-14,23-25H,1H3/t23?,24-,25-/m0/s1. The molecule has 0 saturated carbocycles. The van der Waals surface area contributed by atoms with E-state index in [1.54, 1.807) is 42.5 Å².